The molecule has 0 aliphatic rings. The molecule has 1 aromatic carbocycles. The van der Waals surface area contributed by atoms with E-state index in [0.717, 1.165) is 12.0 Å². The van der Waals surface area contributed by atoms with E-state index >= 15 is 0 Å². The standard InChI is InChI=1S/C13H20FNO/c1-4-9(2)8-16-13-6-5-11(14)7-12(13)10(3)15/h5-7,9-10H,4,8,15H2,1-3H3/t9?,10-/m1/s1. The zero-order valence-corrected chi connectivity index (χ0v) is 10.2. The fraction of sp³-hybridized carbons (Fsp3) is 0.538. The first-order valence-electron chi connectivity index (χ1n) is 5.72. The molecule has 16 heavy (non-hydrogen) atoms. The van der Waals surface area contributed by atoms with E-state index < -0.39 is 0 Å². The van der Waals surface area contributed by atoms with E-state index in [1.54, 1.807) is 6.07 Å². The first-order valence-corrected chi connectivity index (χ1v) is 5.72. The number of nitrogens with two attached hydrogens (primary N) is 1. The monoisotopic (exact) mass is 225 g/mol. The van der Waals surface area contributed by atoms with Crippen molar-refractivity contribution in [3.63, 3.8) is 0 Å². The Morgan fingerprint density at radius 3 is 2.62 bits per heavy atom. The summed E-state index contributed by atoms with van der Waals surface area (Å²) in [6, 6.07) is 4.27. The van der Waals surface area contributed by atoms with E-state index in [1.165, 1.54) is 12.1 Å². The molecule has 2 N–H and O–H groups in total. The summed E-state index contributed by atoms with van der Waals surface area (Å²) in [4.78, 5) is 0. The number of halogens is 1. The Labute approximate surface area is 96.6 Å². The molecule has 3 heteroatoms. The van der Waals surface area contributed by atoms with Crippen LogP contribution in [0.3, 0.4) is 0 Å². The van der Waals surface area contributed by atoms with Crippen molar-refractivity contribution in [2.75, 3.05) is 6.61 Å². The second-order valence-corrected chi connectivity index (χ2v) is 4.30. The summed E-state index contributed by atoms with van der Waals surface area (Å²) in [6.07, 6.45) is 1.06. The van der Waals surface area contributed by atoms with Gasteiger partial charge in [-0.3, -0.25) is 0 Å². The lowest BCUT2D eigenvalue weighted by molar-refractivity contribution is 0.253. The maximum Gasteiger partial charge on any atom is 0.124 e. The topological polar surface area (TPSA) is 35.2 Å². The summed E-state index contributed by atoms with van der Waals surface area (Å²) < 4.78 is 18.7. The summed E-state index contributed by atoms with van der Waals surface area (Å²) in [7, 11) is 0. The van der Waals surface area contributed by atoms with Crippen LogP contribution in [0.4, 0.5) is 4.39 Å². The number of hydrogen-bond donors (Lipinski definition) is 1. The van der Waals surface area contributed by atoms with Crippen molar-refractivity contribution >= 4 is 0 Å². The molecule has 90 valence electrons. The van der Waals surface area contributed by atoms with Crippen molar-refractivity contribution < 1.29 is 9.13 Å². The van der Waals surface area contributed by atoms with Gasteiger partial charge in [0.1, 0.15) is 11.6 Å². The van der Waals surface area contributed by atoms with E-state index in [9.17, 15) is 4.39 Å². The minimum atomic E-state index is -0.275. The van der Waals surface area contributed by atoms with Crippen LogP contribution in [0, 0.1) is 11.7 Å². The van der Waals surface area contributed by atoms with Crippen LogP contribution in [0.2, 0.25) is 0 Å². The van der Waals surface area contributed by atoms with Crippen molar-refractivity contribution in [1.82, 2.24) is 0 Å². The maximum absolute atomic E-state index is 13.1. The Morgan fingerprint density at radius 2 is 2.06 bits per heavy atom. The normalized spacial score (nSPS) is 14.6. The second kappa shape index (κ2) is 5.85. The number of benzene rings is 1. The molecule has 0 saturated carbocycles. The second-order valence-electron chi connectivity index (χ2n) is 4.30. The maximum atomic E-state index is 13.1. The molecule has 0 saturated heterocycles. The van der Waals surface area contributed by atoms with Crippen molar-refractivity contribution in [3.05, 3.63) is 29.6 Å². The largest absolute Gasteiger partial charge is 0.493 e. The van der Waals surface area contributed by atoms with Gasteiger partial charge in [0.25, 0.3) is 0 Å². The van der Waals surface area contributed by atoms with E-state index in [1.807, 2.05) is 6.92 Å². The van der Waals surface area contributed by atoms with Gasteiger partial charge in [0.15, 0.2) is 0 Å². The fourth-order valence-corrected chi connectivity index (χ4v) is 1.36. The van der Waals surface area contributed by atoms with Crippen LogP contribution in [0.5, 0.6) is 5.75 Å². The van der Waals surface area contributed by atoms with Crippen LogP contribution in [0.15, 0.2) is 18.2 Å². The Balaban J connectivity index is 2.78. The molecule has 0 radical (unpaired) electrons. The van der Waals surface area contributed by atoms with E-state index in [0.29, 0.717) is 18.3 Å². The van der Waals surface area contributed by atoms with E-state index in [-0.39, 0.29) is 11.9 Å². The van der Waals surface area contributed by atoms with Crippen LogP contribution in [-0.4, -0.2) is 6.61 Å². The lowest BCUT2D eigenvalue weighted by Gasteiger charge is -2.16. The van der Waals surface area contributed by atoms with Crippen molar-refractivity contribution in [2.24, 2.45) is 11.7 Å². The number of rotatable bonds is 5. The van der Waals surface area contributed by atoms with Gasteiger partial charge in [-0.25, -0.2) is 4.39 Å². The Hall–Kier alpha value is -1.09. The minimum absolute atomic E-state index is 0.220. The molecule has 0 aliphatic carbocycles. The van der Waals surface area contributed by atoms with Gasteiger partial charge >= 0.3 is 0 Å². The summed E-state index contributed by atoms with van der Waals surface area (Å²) >= 11 is 0. The first-order chi connectivity index (χ1) is 7.54. The molecule has 0 bridgehead atoms. The van der Waals surface area contributed by atoms with Crippen molar-refractivity contribution in [1.29, 1.82) is 0 Å². The minimum Gasteiger partial charge on any atom is -0.493 e. The predicted octanol–water partition coefficient (Wildman–Crippen LogP) is 3.27. The molecule has 0 aromatic heterocycles. The van der Waals surface area contributed by atoms with Crippen molar-refractivity contribution in [2.45, 2.75) is 33.2 Å². The third kappa shape index (κ3) is 3.49. The molecule has 0 aliphatic heterocycles. The zero-order chi connectivity index (χ0) is 12.1. The molecule has 2 atom stereocenters. The Kier molecular flexibility index (Phi) is 4.74. The van der Waals surface area contributed by atoms with Crippen molar-refractivity contribution in [3.8, 4) is 5.75 Å². The molecule has 1 rings (SSSR count). The van der Waals surface area contributed by atoms with E-state index in [4.69, 9.17) is 10.5 Å². The molecule has 0 amide bonds. The average Bonchev–Trinajstić information content (AvgIpc) is 2.26. The molecule has 1 aromatic rings. The summed E-state index contributed by atoms with van der Waals surface area (Å²) in [5, 5.41) is 0. The first kappa shape index (κ1) is 13.0. The summed E-state index contributed by atoms with van der Waals surface area (Å²) in [5.74, 6) is 0.908. The molecule has 0 heterocycles. The predicted molar refractivity (Wildman–Crippen MR) is 64.0 cm³/mol. The Morgan fingerprint density at radius 1 is 1.38 bits per heavy atom. The molecule has 0 fully saturated rings. The molecular formula is C13H20FNO. The van der Waals surface area contributed by atoms with Crippen LogP contribution in [-0.2, 0) is 0 Å². The Bertz CT molecular complexity index is 339. The van der Waals surface area contributed by atoms with Gasteiger partial charge < -0.3 is 10.5 Å². The smallest absolute Gasteiger partial charge is 0.124 e. The van der Waals surface area contributed by atoms with E-state index in [2.05, 4.69) is 13.8 Å². The van der Waals surface area contributed by atoms with Gasteiger partial charge in [0.05, 0.1) is 6.61 Å². The SMILES string of the molecule is CCC(C)COc1ccc(F)cc1[C@@H](C)N. The number of ether oxygens (including phenoxy) is 1. The van der Waals surface area contributed by atoms with Gasteiger partial charge in [-0.05, 0) is 31.0 Å². The van der Waals surface area contributed by atoms with Crippen LogP contribution in [0.1, 0.15) is 38.8 Å². The van der Waals surface area contributed by atoms with Gasteiger partial charge in [-0.1, -0.05) is 20.3 Å². The van der Waals surface area contributed by atoms with Crippen LogP contribution < -0.4 is 10.5 Å². The molecule has 2 nitrogen and oxygen atoms in total. The molecule has 0 spiro atoms. The fourth-order valence-electron chi connectivity index (χ4n) is 1.36. The third-order valence-electron chi connectivity index (χ3n) is 2.68. The highest BCUT2D eigenvalue weighted by Gasteiger charge is 2.10. The molecular weight excluding hydrogens is 205 g/mol. The summed E-state index contributed by atoms with van der Waals surface area (Å²) in [6.45, 7) is 6.70. The van der Waals surface area contributed by atoms with Crippen LogP contribution >= 0.6 is 0 Å². The third-order valence-corrected chi connectivity index (χ3v) is 2.68. The number of hydrogen-bond acceptors (Lipinski definition) is 2. The average molecular weight is 225 g/mol. The lowest BCUT2D eigenvalue weighted by Crippen LogP contribution is -2.12. The van der Waals surface area contributed by atoms with Gasteiger partial charge in [0.2, 0.25) is 0 Å². The van der Waals surface area contributed by atoms with Gasteiger partial charge in [-0.15, -0.1) is 0 Å². The van der Waals surface area contributed by atoms with Crippen LogP contribution in [0.25, 0.3) is 0 Å². The quantitative estimate of drug-likeness (QED) is 0.834. The lowest BCUT2D eigenvalue weighted by atomic mass is 10.1. The highest BCUT2D eigenvalue weighted by atomic mass is 19.1. The van der Waals surface area contributed by atoms with Gasteiger partial charge in [0, 0.05) is 11.6 Å². The highest BCUT2D eigenvalue weighted by Crippen LogP contribution is 2.25. The van der Waals surface area contributed by atoms with Gasteiger partial charge in [-0.2, -0.15) is 0 Å². The zero-order valence-electron chi connectivity index (χ0n) is 10.2. The highest BCUT2D eigenvalue weighted by molar-refractivity contribution is 5.36. The molecule has 1 unspecified atom stereocenters. The summed E-state index contributed by atoms with van der Waals surface area (Å²) in [5.41, 5.74) is 6.50.